The normalized spacial score (nSPS) is 11.8. The number of nitrogens with zero attached hydrogens (tertiary/aromatic N) is 1. The van der Waals surface area contributed by atoms with E-state index in [0.29, 0.717) is 30.2 Å². The molecular formula is C13H13F3N2O. The van der Waals surface area contributed by atoms with Crippen LogP contribution in [0.15, 0.2) is 34.9 Å². The van der Waals surface area contributed by atoms with Crippen LogP contribution in [0.25, 0.3) is 11.3 Å². The van der Waals surface area contributed by atoms with Crippen molar-refractivity contribution in [1.82, 2.24) is 10.3 Å². The summed E-state index contributed by atoms with van der Waals surface area (Å²) in [6.45, 7) is 0.697. The minimum Gasteiger partial charge on any atom is -0.441 e. The third kappa shape index (κ3) is 3.35. The van der Waals surface area contributed by atoms with Gasteiger partial charge in [-0.15, -0.1) is 0 Å². The summed E-state index contributed by atoms with van der Waals surface area (Å²) < 4.78 is 43.2. The zero-order valence-electron chi connectivity index (χ0n) is 10.3. The standard InChI is InChI=1S/C13H13F3N2O/c1-17-6-5-12-18-8-11(19-12)9-3-2-4-10(7-9)13(14,15)16/h2-4,7-8,17H,5-6H2,1H3. The molecule has 0 radical (unpaired) electrons. The van der Waals surface area contributed by atoms with Crippen molar-refractivity contribution in [1.29, 1.82) is 0 Å². The molecule has 0 unspecified atom stereocenters. The Labute approximate surface area is 108 Å². The molecule has 102 valence electrons. The summed E-state index contributed by atoms with van der Waals surface area (Å²) in [6, 6.07) is 5.01. The average Bonchev–Trinajstić information content (AvgIpc) is 2.84. The lowest BCUT2D eigenvalue weighted by Crippen LogP contribution is -2.10. The molecule has 1 N–H and O–H groups in total. The van der Waals surface area contributed by atoms with Crippen LogP contribution < -0.4 is 5.32 Å². The first kappa shape index (κ1) is 13.6. The number of likely N-dealkylation sites (N-methyl/N-ethyl adjacent to an activating group) is 1. The van der Waals surface area contributed by atoms with Gasteiger partial charge >= 0.3 is 6.18 Å². The van der Waals surface area contributed by atoms with Crippen molar-refractivity contribution in [2.24, 2.45) is 0 Å². The van der Waals surface area contributed by atoms with Crippen molar-refractivity contribution in [3.63, 3.8) is 0 Å². The maximum atomic E-state index is 12.6. The van der Waals surface area contributed by atoms with Crippen molar-refractivity contribution in [3.8, 4) is 11.3 Å². The van der Waals surface area contributed by atoms with Crippen molar-refractivity contribution in [3.05, 3.63) is 41.9 Å². The molecule has 3 nitrogen and oxygen atoms in total. The van der Waals surface area contributed by atoms with E-state index in [-0.39, 0.29) is 0 Å². The lowest BCUT2D eigenvalue weighted by atomic mass is 10.1. The van der Waals surface area contributed by atoms with E-state index in [9.17, 15) is 13.2 Å². The Morgan fingerprint density at radius 3 is 2.79 bits per heavy atom. The Morgan fingerprint density at radius 2 is 2.11 bits per heavy atom. The van der Waals surface area contributed by atoms with Crippen LogP contribution in [0.2, 0.25) is 0 Å². The van der Waals surface area contributed by atoms with Gasteiger partial charge in [-0.1, -0.05) is 12.1 Å². The molecule has 0 spiro atoms. The minimum absolute atomic E-state index is 0.345. The van der Waals surface area contributed by atoms with Gasteiger partial charge in [0.2, 0.25) is 0 Å². The number of oxazole rings is 1. The van der Waals surface area contributed by atoms with Gasteiger partial charge < -0.3 is 9.73 Å². The Balaban J connectivity index is 2.24. The second-order valence-electron chi connectivity index (χ2n) is 4.05. The molecule has 19 heavy (non-hydrogen) atoms. The number of alkyl halides is 3. The van der Waals surface area contributed by atoms with E-state index in [4.69, 9.17) is 4.42 Å². The molecule has 0 saturated heterocycles. The van der Waals surface area contributed by atoms with Gasteiger partial charge in [0, 0.05) is 18.5 Å². The van der Waals surface area contributed by atoms with E-state index in [0.717, 1.165) is 12.1 Å². The molecule has 0 atom stereocenters. The fraction of sp³-hybridized carbons (Fsp3) is 0.308. The Kier molecular flexibility index (Phi) is 3.90. The van der Waals surface area contributed by atoms with Gasteiger partial charge in [0.25, 0.3) is 0 Å². The van der Waals surface area contributed by atoms with E-state index in [1.807, 2.05) is 0 Å². The first-order chi connectivity index (χ1) is 9.00. The molecule has 1 aromatic carbocycles. The van der Waals surface area contributed by atoms with Gasteiger partial charge in [0.05, 0.1) is 11.8 Å². The number of aromatic nitrogens is 1. The van der Waals surface area contributed by atoms with Crippen molar-refractivity contribution in [2.75, 3.05) is 13.6 Å². The van der Waals surface area contributed by atoms with Crippen LogP contribution in [-0.2, 0) is 12.6 Å². The number of hydrogen-bond acceptors (Lipinski definition) is 3. The first-order valence-electron chi connectivity index (χ1n) is 5.77. The van der Waals surface area contributed by atoms with Crippen LogP contribution in [0.3, 0.4) is 0 Å². The van der Waals surface area contributed by atoms with Crippen LogP contribution >= 0.6 is 0 Å². The molecule has 0 saturated carbocycles. The monoisotopic (exact) mass is 270 g/mol. The fourth-order valence-corrected chi connectivity index (χ4v) is 1.64. The molecule has 0 fully saturated rings. The highest BCUT2D eigenvalue weighted by Gasteiger charge is 2.30. The second kappa shape index (κ2) is 5.44. The lowest BCUT2D eigenvalue weighted by molar-refractivity contribution is -0.137. The zero-order chi connectivity index (χ0) is 13.9. The number of hydrogen-bond donors (Lipinski definition) is 1. The van der Waals surface area contributed by atoms with E-state index in [2.05, 4.69) is 10.3 Å². The lowest BCUT2D eigenvalue weighted by Gasteiger charge is -2.07. The van der Waals surface area contributed by atoms with E-state index in [1.54, 1.807) is 13.1 Å². The minimum atomic E-state index is -4.36. The van der Waals surface area contributed by atoms with Crippen molar-refractivity contribution >= 4 is 0 Å². The summed E-state index contributed by atoms with van der Waals surface area (Å²) in [5.74, 6) is 0.846. The van der Waals surface area contributed by atoms with E-state index < -0.39 is 11.7 Å². The molecule has 0 aliphatic heterocycles. The topological polar surface area (TPSA) is 38.1 Å². The predicted molar refractivity (Wildman–Crippen MR) is 64.6 cm³/mol. The molecule has 1 heterocycles. The quantitative estimate of drug-likeness (QED) is 0.927. The molecule has 2 aromatic rings. The predicted octanol–water partition coefficient (Wildman–Crippen LogP) is 3.12. The number of benzene rings is 1. The smallest absolute Gasteiger partial charge is 0.416 e. The van der Waals surface area contributed by atoms with E-state index in [1.165, 1.54) is 12.3 Å². The Bertz CT molecular complexity index is 549. The highest BCUT2D eigenvalue weighted by Crippen LogP contribution is 2.32. The molecule has 0 bridgehead atoms. The molecule has 0 aliphatic carbocycles. The number of nitrogens with one attached hydrogen (secondary N) is 1. The summed E-state index contributed by atoms with van der Waals surface area (Å²) in [7, 11) is 1.80. The van der Waals surface area contributed by atoms with Gasteiger partial charge in [0.15, 0.2) is 11.7 Å². The largest absolute Gasteiger partial charge is 0.441 e. The number of rotatable bonds is 4. The number of halogens is 3. The van der Waals surface area contributed by atoms with Gasteiger partial charge in [-0.3, -0.25) is 0 Å². The first-order valence-corrected chi connectivity index (χ1v) is 5.77. The van der Waals surface area contributed by atoms with Gasteiger partial charge in [-0.05, 0) is 19.2 Å². The molecule has 1 aromatic heterocycles. The van der Waals surface area contributed by atoms with Crippen LogP contribution in [-0.4, -0.2) is 18.6 Å². The molecule has 2 rings (SSSR count). The van der Waals surface area contributed by atoms with Crippen LogP contribution in [0, 0.1) is 0 Å². The van der Waals surface area contributed by atoms with Crippen LogP contribution in [0.1, 0.15) is 11.5 Å². The van der Waals surface area contributed by atoms with Gasteiger partial charge in [-0.2, -0.15) is 13.2 Å². The Hall–Kier alpha value is -1.82. The molecule has 6 heteroatoms. The maximum Gasteiger partial charge on any atom is 0.416 e. The van der Waals surface area contributed by atoms with E-state index >= 15 is 0 Å². The summed E-state index contributed by atoms with van der Waals surface area (Å²) in [4.78, 5) is 4.03. The average molecular weight is 270 g/mol. The third-order valence-electron chi connectivity index (χ3n) is 2.62. The summed E-state index contributed by atoms with van der Waals surface area (Å²) in [5.41, 5.74) is -0.323. The summed E-state index contributed by atoms with van der Waals surface area (Å²) in [5, 5.41) is 2.95. The molecular weight excluding hydrogens is 257 g/mol. The fourth-order valence-electron chi connectivity index (χ4n) is 1.64. The van der Waals surface area contributed by atoms with Gasteiger partial charge in [0.1, 0.15) is 0 Å². The second-order valence-corrected chi connectivity index (χ2v) is 4.05. The van der Waals surface area contributed by atoms with Gasteiger partial charge in [-0.25, -0.2) is 4.98 Å². The summed E-state index contributed by atoms with van der Waals surface area (Å²) >= 11 is 0. The van der Waals surface area contributed by atoms with Crippen LogP contribution in [0.5, 0.6) is 0 Å². The van der Waals surface area contributed by atoms with Crippen LogP contribution in [0.4, 0.5) is 13.2 Å². The van der Waals surface area contributed by atoms with Crippen molar-refractivity contribution in [2.45, 2.75) is 12.6 Å². The third-order valence-corrected chi connectivity index (χ3v) is 2.62. The Morgan fingerprint density at radius 1 is 1.32 bits per heavy atom. The van der Waals surface area contributed by atoms with Crippen molar-refractivity contribution < 1.29 is 17.6 Å². The zero-order valence-corrected chi connectivity index (χ0v) is 10.3. The molecule has 0 amide bonds. The SMILES string of the molecule is CNCCc1ncc(-c2cccc(C(F)(F)F)c2)o1. The highest BCUT2D eigenvalue weighted by molar-refractivity contribution is 5.57. The maximum absolute atomic E-state index is 12.6. The summed E-state index contributed by atoms with van der Waals surface area (Å²) in [6.07, 6.45) is -2.32. The highest BCUT2D eigenvalue weighted by atomic mass is 19.4. The molecule has 0 aliphatic rings.